The zero-order chi connectivity index (χ0) is 38.7. The van der Waals surface area contributed by atoms with E-state index in [9.17, 15) is 0 Å². The van der Waals surface area contributed by atoms with Crippen molar-refractivity contribution in [1.29, 1.82) is 0 Å². The Morgan fingerprint density at radius 3 is 1.47 bits per heavy atom. The van der Waals surface area contributed by atoms with Gasteiger partial charge in [-0.2, -0.15) is 4.67 Å². The Labute approximate surface area is 408 Å². The van der Waals surface area contributed by atoms with E-state index in [1.54, 1.807) is 6.08 Å². The number of nitrogens with zero attached hydrogens (tertiary/aromatic N) is 8. The summed E-state index contributed by atoms with van der Waals surface area (Å²) in [6.45, 7) is 55.8. The third-order valence-electron chi connectivity index (χ3n) is 8.92. The molecule has 4 aliphatic rings. The Hall–Kier alpha value is 2.09. The molecule has 0 N–H and O–H groups in total. The van der Waals surface area contributed by atoms with Crippen LogP contribution in [0.1, 0.15) is 73.1 Å². The molecular formula is C40H87N8P2U3+5. The van der Waals surface area contributed by atoms with Gasteiger partial charge in [0.15, 0.2) is 0 Å². The van der Waals surface area contributed by atoms with Gasteiger partial charge in [-0.25, -0.2) is 4.67 Å². The first-order chi connectivity index (χ1) is 24.1. The van der Waals surface area contributed by atoms with E-state index in [4.69, 9.17) is 0 Å². The van der Waals surface area contributed by atoms with Gasteiger partial charge in [0, 0.05) is 35.7 Å². The van der Waals surface area contributed by atoms with E-state index in [-0.39, 0.29) is 93.3 Å². The minimum absolute atomic E-state index is 0. The zero-order valence-electron chi connectivity index (χ0n) is 36.5. The van der Waals surface area contributed by atoms with Crippen molar-refractivity contribution in [2.75, 3.05) is 119 Å². The number of hydrogen-bond acceptors (Lipinski definition) is 3. The molecule has 3 saturated heterocycles. The van der Waals surface area contributed by atoms with E-state index in [0.29, 0.717) is 17.5 Å². The summed E-state index contributed by atoms with van der Waals surface area (Å²) < 4.78 is 11.6. The van der Waals surface area contributed by atoms with Crippen LogP contribution in [0.5, 0.6) is 0 Å². The average molecular weight is 1460 g/mol. The molecule has 53 heavy (non-hydrogen) atoms. The summed E-state index contributed by atoms with van der Waals surface area (Å²) >= 11 is 0. The maximum atomic E-state index is 3.77. The minimum atomic E-state index is 0. The first-order valence-corrected chi connectivity index (χ1v) is 22.7. The fourth-order valence-electron chi connectivity index (χ4n) is 5.25. The molecule has 4 rings (SSSR count). The fraction of sp³-hybridized carbons (Fsp3) is 0.725. The Morgan fingerprint density at radius 2 is 1.23 bits per heavy atom. The van der Waals surface area contributed by atoms with Crippen molar-refractivity contribution in [1.82, 2.24) is 24.0 Å². The van der Waals surface area contributed by atoms with E-state index in [1.807, 2.05) is 36.6 Å². The van der Waals surface area contributed by atoms with E-state index >= 15 is 0 Å². The van der Waals surface area contributed by atoms with Crippen molar-refractivity contribution in [3.63, 3.8) is 0 Å². The molecule has 0 aromatic rings. The number of rotatable bonds is 9. The van der Waals surface area contributed by atoms with Crippen LogP contribution in [0, 0.1) is 135 Å². The van der Waals surface area contributed by atoms with Gasteiger partial charge in [0.25, 0.3) is 0 Å². The third kappa shape index (κ3) is 35.7. The molecule has 0 bridgehead atoms. The van der Waals surface area contributed by atoms with Crippen LogP contribution in [0.25, 0.3) is 0 Å². The van der Waals surface area contributed by atoms with E-state index in [1.165, 1.54) is 103 Å². The second kappa shape index (κ2) is 48.5. The standard InChI is InChI=1S/C10H19N2.C9H17N2.C6H13N2.2C5H12NP.C3H6.C2H6.3U/c1-10(11-6-2-3-7-11)12-8-4-5-9-12;1-5-10(6-2)9-11(7-3)8-4;1-6-7(2)4-5-8(6)3;1-7-6-4-2-3-5-6;1-4-6(5-2)7-3;1-3-2;1-2;;;/h2-9H2,1H3;9H,1-8H2;4-5H2,1-3H3;7H,2-5H2,1H3;7H,1-2,4-5H2,3H3;3H,1H2,2H3;1-2H3;;;/q+1;-3;+1;;-2;;;3*+2/p+2. The average Bonchev–Trinajstić information content (AvgIpc) is 4.00. The summed E-state index contributed by atoms with van der Waals surface area (Å²) in [7, 11) is 5.33. The van der Waals surface area contributed by atoms with Crippen molar-refractivity contribution < 1.29 is 107 Å². The molecule has 2 atom stereocenters. The molecule has 0 aromatic heterocycles. The molecule has 2 unspecified atom stereocenters. The summed E-state index contributed by atoms with van der Waals surface area (Å²) in [5.41, 5.74) is 0. The largest absolute Gasteiger partial charge is 2.00 e. The topological polar surface area (TPSA) is 25.2 Å². The van der Waals surface area contributed by atoms with Gasteiger partial charge < -0.3 is 51.0 Å². The Bertz CT molecular complexity index is 851. The van der Waals surface area contributed by atoms with Crippen molar-refractivity contribution in [3.05, 3.63) is 54.2 Å². The normalized spacial score (nSPS) is 15.7. The molecule has 0 radical (unpaired) electrons. The zero-order valence-corrected chi connectivity index (χ0v) is 51.3. The van der Waals surface area contributed by atoms with Gasteiger partial charge in [0.1, 0.15) is 13.1 Å². The molecule has 3 fully saturated rings. The number of hydrogen-bond donors (Lipinski definition) is 0. The molecule has 8 nitrogen and oxygen atoms in total. The van der Waals surface area contributed by atoms with Crippen LogP contribution in [0.2, 0.25) is 0 Å². The predicted molar refractivity (Wildman–Crippen MR) is 236 cm³/mol. The Morgan fingerprint density at radius 1 is 0.792 bits per heavy atom. The van der Waals surface area contributed by atoms with Gasteiger partial charge in [-0.05, 0) is 71.6 Å². The van der Waals surface area contributed by atoms with Crippen LogP contribution in [0.3, 0.4) is 0 Å². The van der Waals surface area contributed by atoms with Crippen molar-refractivity contribution in [2.24, 2.45) is 0 Å². The molecular weight excluding hydrogens is 1370 g/mol. The summed E-state index contributed by atoms with van der Waals surface area (Å²) in [6, 6.07) is 0. The van der Waals surface area contributed by atoms with Gasteiger partial charge in [-0.1, -0.05) is 33.0 Å². The van der Waals surface area contributed by atoms with Gasteiger partial charge in [-0.15, -0.1) is 6.58 Å². The fourth-order valence-corrected chi connectivity index (χ4v) is 6.65. The monoisotopic (exact) mass is 1460 g/mol. The summed E-state index contributed by atoms with van der Waals surface area (Å²) in [6.07, 6.45) is 12.2. The number of likely N-dealkylation sites (tertiary alicyclic amines) is 1. The minimum Gasteiger partial charge on any atom is -0.327 e. The van der Waals surface area contributed by atoms with E-state index < -0.39 is 0 Å². The second-order valence-electron chi connectivity index (χ2n) is 12.2. The van der Waals surface area contributed by atoms with Crippen LogP contribution in [-0.4, -0.2) is 175 Å². The van der Waals surface area contributed by atoms with Crippen LogP contribution in [-0.2, 0) is 0 Å². The number of allylic oxidation sites excluding steroid dienone is 1. The molecule has 0 saturated carbocycles. The molecule has 4 heterocycles. The Balaban J connectivity index is -0.000000126. The summed E-state index contributed by atoms with van der Waals surface area (Å²) in [5.74, 6) is 2.91. The first-order valence-electron chi connectivity index (χ1n) is 19.4. The Kier molecular flexibility index (Phi) is 61.1. The van der Waals surface area contributed by atoms with Gasteiger partial charge in [0.2, 0.25) is 18.0 Å². The summed E-state index contributed by atoms with van der Waals surface area (Å²) in [4.78, 5) is 6.82. The van der Waals surface area contributed by atoms with Crippen LogP contribution >= 0.6 is 17.5 Å². The van der Waals surface area contributed by atoms with Gasteiger partial charge in [-0.3, -0.25) is 19.0 Å². The van der Waals surface area contributed by atoms with E-state index in [0.717, 1.165) is 39.3 Å². The molecule has 4 aliphatic heterocycles. The van der Waals surface area contributed by atoms with Crippen LogP contribution in [0.15, 0.2) is 12.7 Å². The van der Waals surface area contributed by atoms with Crippen molar-refractivity contribution >= 4 is 35.5 Å². The van der Waals surface area contributed by atoms with Gasteiger partial charge in [0.05, 0.1) is 62.3 Å². The maximum absolute atomic E-state index is 3.77. The second-order valence-corrected chi connectivity index (χ2v) is 14.7. The maximum Gasteiger partial charge on any atom is 2.00 e. The number of amidine groups is 2. The smallest absolute Gasteiger partial charge is 0.327 e. The molecule has 0 aliphatic carbocycles. The van der Waals surface area contributed by atoms with Gasteiger partial charge >= 0.3 is 93.3 Å². The quantitative estimate of drug-likeness (QED) is 0.0692. The predicted octanol–water partition coefficient (Wildman–Crippen LogP) is 6.13. The molecule has 0 amide bonds. The van der Waals surface area contributed by atoms with Crippen LogP contribution in [0.4, 0.5) is 0 Å². The van der Waals surface area contributed by atoms with E-state index in [2.05, 4.69) is 118 Å². The molecule has 304 valence electrons. The SMILES string of the molecule is C=CC.CC.CC(N1CCCC1)=[N+]1CCCC1.CC1=[N+](C)CCN1C.C[PH2+]N1CCCC1.[CH2-]CN(C=[N+](C[CH2-])C[CH2-])C[CH2-].[CH2-]CN(C[CH2-])[PH2+]C.[U+2].[U+2].[U+2]. The third-order valence-corrected chi connectivity index (χ3v) is 11.4. The first kappa shape index (κ1) is 66.9. The number of likely N-dealkylation sites (N-methyl/N-ethyl adjacent to an activating group) is 2. The van der Waals surface area contributed by atoms with Crippen molar-refractivity contribution in [2.45, 2.75) is 73.1 Å². The van der Waals surface area contributed by atoms with Crippen LogP contribution < -0.4 is 0 Å². The molecule has 0 spiro atoms. The summed E-state index contributed by atoms with van der Waals surface area (Å²) in [5, 5.41) is 0. The molecule has 13 heteroatoms. The molecule has 0 aromatic carbocycles. The van der Waals surface area contributed by atoms with Crippen molar-refractivity contribution in [3.8, 4) is 0 Å².